The number of aryl methyl sites for hydroxylation is 2. The van der Waals surface area contributed by atoms with E-state index in [0.29, 0.717) is 16.6 Å². The van der Waals surface area contributed by atoms with Crippen molar-refractivity contribution in [3.8, 4) is 11.1 Å². The van der Waals surface area contributed by atoms with Crippen LogP contribution in [0.5, 0.6) is 0 Å². The van der Waals surface area contributed by atoms with Crippen LogP contribution in [0.15, 0.2) is 34.7 Å². The van der Waals surface area contributed by atoms with Crippen molar-refractivity contribution in [3.63, 3.8) is 0 Å². The van der Waals surface area contributed by atoms with Crippen LogP contribution in [0.3, 0.4) is 0 Å². The van der Waals surface area contributed by atoms with E-state index in [0.717, 1.165) is 16.7 Å². The Morgan fingerprint density at radius 3 is 2.79 bits per heavy atom. The Hall–Kier alpha value is -2.52. The lowest BCUT2D eigenvalue weighted by atomic mass is 10.0. The standard InChI is InChI=1S/C20H21N3O4S2/c1-12-3-4-14(7-13(12)2)16-9-28-19-18(16)20(25)23(11-21-19)8-17(24)22-15-5-6-29(26,27)10-15/h3-4,7,9,11,15H,5-6,8,10H2,1-2H3,(H,22,24). The van der Waals surface area contributed by atoms with Crippen molar-refractivity contribution in [2.45, 2.75) is 32.9 Å². The smallest absolute Gasteiger partial charge is 0.263 e. The minimum Gasteiger partial charge on any atom is -0.351 e. The molecular weight excluding hydrogens is 410 g/mol. The molecule has 1 unspecified atom stereocenters. The number of benzene rings is 1. The minimum atomic E-state index is -3.08. The third kappa shape index (κ3) is 3.97. The van der Waals surface area contributed by atoms with E-state index < -0.39 is 21.8 Å². The lowest BCUT2D eigenvalue weighted by Crippen LogP contribution is -2.39. The van der Waals surface area contributed by atoms with Crippen molar-refractivity contribution in [1.82, 2.24) is 14.9 Å². The van der Waals surface area contributed by atoms with Crippen LogP contribution >= 0.6 is 11.3 Å². The van der Waals surface area contributed by atoms with Gasteiger partial charge < -0.3 is 5.32 Å². The maximum atomic E-state index is 13.1. The van der Waals surface area contributed by atoms with Gasteiger partial charge in [0.1, 0.15) is 11.4 Å². The molecule has 0 spiro atoms. The van der Waals surface area contributed by atoms with Gasteiger partial charge in [-0.1, -0.05) is 18.2 Å². The van der Waals surface area contributed by atoms with Gasteiger partial charge in [0.15, 0.2) is 9.84 Å². The van der Waals surface area contributed by atoms with E-state index in [-0.39, 0.29) is 23.6 Å². The molecule has 3 heterocycles. The van der Waals surface area contributed by atoms with Crippen molar-refractivity contribution in [1.29, 1.82) is 0 Å². The summed E-state index contributed by atoms with van der Waals surface area (Å²) in [5.41, 5.74) is 3.78. The third-order valence-electron chi connectivity index (χ3n) is 5.29. The topological polar surface area (TPSA) is 98.1 Å². The normalized spacial score (nSPS) is 18.2. The molecule has 1 fully saturated rings. The highest BCUT2D eigenvalue weighted by Crippen LogP contribution is 2.31. The highest BCUT2D eigenvalue weighted by Gasteiger charge is 2.29. The lowest BCUT2D eigenvalue weighted by molar-refractivity contribution is -0.122. The van der Waals surface area contributed by atoms with Gasteiger partial charge in [0.05, 0.1) is 23.2 Å². The highest BCUT2D eigenvalue weighted by atomic mass is 32.2. The van der Waals surface area contributed by atoms with E-state index in [1.165, 1.54) is 27.8 Å². The van der Waals surface area contributed by atoms with Gasteiger partial charge in [-0.3, -0.25) is 14.2 Å². The summed E-state index contributed by atoms with van der Waals surface area (Å²) in [6, 6.07) is 5.65. The number of thiophene rings is 1. The number of rotatable bonds is 4. The molecule has 1 amide bonds. The number of nitrogens with one attached hydrogen (secondary N) is 1. The lowest BCUT2D eigenvalue weighted by Gasteiger charge is -2.12. The molecule has 1 saturated heterocycles. The van der Waals surface area contributed by atoms with E-state index in [1.807, 2.05) is 37.4 Å². The van der Waals surface area contributed by atoms with Gasteiger partial charge in [-0.05, 0) is 37.0 Å². The van der Waals surface area contributed by atoms with Gasteiger partial charge in [0.25, 0.3) is 5.56 Å². The van der Waals surface area contributed by atoms with Crippen LogP contribution in [0.2, 0.25) is 0 Å². The first-order valence-corrected chi connectivity index (χ1v) is 12.0. The molecule has 29 heavy (non-hydrogen) atoms. The number of fused-ring (bicyclic) bond motifs is 1. The number of amides is 1. The quantitative estimate of drug-likeness (QED) is 0.682. The Morgan fingerprint density at radius 1 is 1.31 bits per heavy atom. The minimum absolute atomic E-state index is 0.0492. The monoisotopic (exact) mass is 431 g/mol. The van der Waals surface area contributed by atoms with Crippen LogP contribution in [0.1, 0.15) is 17.5 Å². The van der Waals surface area contributed by atoms with E-state index in [9.17, 15) is 18.0 Å². The Balaban J connectivity index is 1.63. The molecule has 1 aromatic carbocycles. The van der Waals surface area contributed by atoms with Crippen LogP contribution in [-0.4, -0.2) is 41.4 Å². The first-order chi connectivity index (χ1) is 13.7. The molecule has 1 aliphatic rings. The number of carbonyl (C=O) groups is 1. The first kappa shape index (κ1) is 19.8. The summed E-state index contributed by atoms with van der Waals surface area (Å²) in [7, 11) is -3.08. The van der Waals surface area contributed by atoms with E-state index in [4.69, 9.17) is 0 Å². The molecule has 0 saturated carbocycles. The number of aromatic nitrogens is 2. The Kier molecular flexibility index (Phi) is 5.04. The van der Waals surface area contributed by atoms with E-state index in [1.54, 1.807) is 0 Å². The second-order valence-corrected chi connectivity index (χ2v) is 10.6. The fourth-order valence-electron chi connectivity index (χ4n) is 3.54. The molecule has 0 radical (unpaired) electrons. The second kappa shape index (κ2) is 7.38. The molecule has 0 aliphatic carbocycles. The first-order valence-electron chi connectivity index (χ1n) is 9.27. The molecular formula is C20H21N3O4S2. The number of hydrogen-bond donors (Lipinski definition) is 1. The third-order valence-corrected chi connectivity index (χ3v) is 7.94. The fraction of sp³-hybridized carbons (Fsp3) is 0.350. The van der Waals surface area contributed by atoms with Crippen LogP contribution < -0.4 is 10.9 Å². The van der Waals surface area contributed by atoms with E-state index >= 15 is 0 Å². The summed E-state index contributed by atoms with van der Waals surface area (Å²) in [5.74, 6) is -0.357. The molecule has 9 heteroatoms. The van der Waals surface area contributed by atoms with Crippen molar-refractivity contribution < 1.29 is 13.2 Å². The average molecular weight is 432 g/mol. The predicted octanol–water partition coefficient (Wildman–Crippen LogP) is 2.05. The Bertz CT molecular complexity index is 1270. The molecule has 1 atom stereocenters. The summed E-state index contributed by atoms with van der Waals surface area (Å²) in [5, 5.41) is 5.12. The van der Waals surface area contributed by atoms with Crippen molar-refractivity contribution in [2.24, 2.45) is 0 Å². The number of nitrogens with zero attached hydrogens (tertiary/aromatic N) is 2. The summed E-state index contributed by atoms with van der Waals surface area (Å²) in [6.45, 7) is 3.87. The molecule has 152 valence electrons. The molecule has 7 nitrogen and oxygen atoms in total. The zero-order chi connectivity index (χ0) is 20.8. The summed E-state index contributed by atoms with van der Waals surface area (Å²) < 4.78 is 24.4. The summed E-state index contributed by atoms with van der Waals surface area (Å²) in [4.78, 5) is 30.4. The van der Waals surface area contributed by atoms with Gasteiger partial charge in [-0.25, -0.2) is 13.4 Å². The van der Waals surface area contributed by atoms with E-state index in [2.05, 4.69) is 10.3 Å². The van der Waals surface area contributed by atoms with Gasteiger partial charge in [0, 0.05) is 17.0 Å². The van der Waals surface area contributed by atoms with Gasteiger partial charge >= 0.3 is 0 Å². The molecule has 3 aromatic rings. The predicted molar refractivity (Wildman–Crippen MR) is 114 cm³/mol. The number of hydrogen-bond acceptors (Lipinski definition) is 6. The number of carbonyl (C=O) groups excluding carboxylic acids is 1. The van der Waals surface area contributed by atoms with Gasteiger partial charge in [0.2, 0.25) is 5.91 Å². The fourth-order valence-corrected chi connectivity index (χ4v) is 6.12. The van der Waals surface area contributed by atoms with Crippen LogP contribution in [-0.2, 0) is 21.2 Å². The SMILES string of the molecule is Cc1ccc(-c2csc3ncn(CC(=O)NC4CCS(=O)(=O)C4)c(=O)c23)cc1C. The highest BCUT2D eigenvalue weighted by molar-refractivity contribution is 7.91. The molecule has 4 rings (SSSR count). The van der Waals surface area contributed by atoms with Crippen molar-refractivity contribution in [2.75, 3.05) is 11.5 Å². The van der Waals surface area contributed by atoms with Gasteiger partial charge in [-0.2, -0.15) is 0 Å². The van der Waals surface area contributed by atoms with Crippen molar-refractivity contribution in [3.05, 3.63) is 51.4 Å². The molecule has 1 N–H and O–H groups in total. The van der Waals surface area contributed by atoms with Crippen LogP contribution in [0.4, 0.5) is 0 Å². The number of sulfone groups is 1. The largest absolute Gasteiger partial charge is 0.351 e. The molecule has 2 aromatic heterocycles. The second-order valence-electron chi connectivity index (χ2n) is 7.47. The van der Waals surface area contributed by atoms with Gasteiger partial charge in [-0.15, -0.1) is 11.3 Å². The average Bonchev–Trinajstić information content (AvgIpc) is 3.23. The van der Waals surface area contributed by atoms with Crippen LogP contribution in [0, 0.1) is 13.8 Å². The Labute approximate surface area is 172 Å². The Morgan fingerprint density at radius 2 is 2.10 bits per heavy atom. The molecule has 0 bridgehead atoms. The zero-order valence-corrected chi connectivity index (χ0v) is 17.8. The molecule has 1 aliphatic heterocycles. The zero-order valence-electron chi connectivity index (χ0n) is 16.1. The van der Waals surface area contributed by atoms with Crippen LogP contribution in [0.25, 0.3) is 21.3 Å². The summed E-state index contributed by atoms with van der Waals surface area (Å²) >= 11 is 1.39. The summed E-state index contributed by atoms with van der Waals surface area (Å²) in [6.07, 6.45) is 1.78. The maximum Gasteiger partial charge on any atom is 0.263 e. The maximum absolute atomic E-state index is 13.1. The van der Waals surface area contributed by atoms with Crippen molar-refractivity contribution >= 4 is 37.3 Å².